The van der Waals surface area contributed by atoms with E-state index in [1.807, 2.05) is 42.5 Å². The zero-order valence-electron chi connectivity index (χ0n) is 17.5. The molecule has 0 fully saturated rings. The van der Waals surface area contributed by atoms with Crippen molar-refractivity contribution in [3.63, 3.8) is 0 Å². The summed E-state index contributed by atoms with van der Waals surface area (Å²) in [5.41, 5.74) is 4.57. The fraction of sp³-hybridized carbons (Fsp3) is 0.103. The van der Waals surface area contributed by atoms with Crippen LogP contribution in [0, 0.1) is 5.82 Å². The lowest BCUT2D eigenvalue weighted by atomic mass is 9.96. The van der Waals surface area contributed by atoms with Crippen LogP contribution in [0.1, 0.15) is 12.0 Å². The molecule has 31 heavy (non-hydrogen) atoms. The van der Waals surface area contributed by atoms with E-state index in [2.05, 4.69) is 49.6 Å². The Kier molecular flexibility index (Phi) is 6.28. The average Bonchev–Trinajstić information content (AvgIpc) is 2.81. The molecule has 4 rings (SSSR count). The number of allylic oxidation sites excluding steroid dienone is 1. The van der Waals surface area contributed by atoms with Crippen molar-refractivity contribution in [2.75, 3.05) is 6.61 Å². The third-order valence-corrected chi connectivity index (χ3v) is 5.38. The fourth-order valence-electron chi connectivity index (χ4n) is 3.71. The molecule has 0 amide bonds. The first-order chi connectivity index (χ1) is 15.2. The van der Waals surface area contributed by atoms with Crippen LogP contribution in [0.2, 0.25) is 0 Å². The van der Waals surface area contributed by atoms with Gasteiger partial charge >= 0.3 is 0 Å². The topological polar surface area (TPSA) is 9.23 Å². The molecule has 0 heterocycles. The van der Waals surface area contributed by atoms with Crippen LogP contribution in [-0.2, 0) is 6.42 Å². The molecule has 0 bridgehead atoms. The molecule has 2 heteroatoms. The average molecular weight is 409 g/mol. The van der Waals surface area contributed by atoms with E-state index in [1.54, 1.807) is 12.1 Å². The minimum absolute atomic E-state index is 0.239. The van der Waals surface area contributed by atoms with E-state index >= 15 is 0 Å². The standard InChI is InChI=1S/C29H25FO/c1-3-5-6-21-7-8-24-19-25(10-9-23(24)18-21)26-13-16-28(29(30)20-26)22-11-14-27(15-12-22)31-17-4-2/h3-4,7-16,18-20H,1-2,5-6,17H2. The summed E-state index contributed by atoms with van der Waals surface area (Å²) in [6.07, 6.45) is 5.60. The van der Waals surface area contributed by atoms with Crippen molar-refractivity contribution in [1.82, 2.24) is 0 Å². The van der Waals surface area contributed by atoms with Crippen LogP contribution in [0.25, 0.3) is 33.0 Å². The Labute approximate surface area is 183 Å². The van der Waals surface area contributed by atoms with Crippen molar-refractivity contribution in [3.8, 4) is 28.0 Å². The summed E-state index contributed by atoms with van der Waals surface area (Å²) in [5, 5.41) is 2.35. The van der Waals surface area contributed by atoms with Gasteiger partial charge in [-0.15, -0.1) is 6.58 Å². The largest absolute Gasteiger partial charge is 0.490 e. The van der Waals surface area contributed by atoms with E-state index in [-0.39, 0.29) is 5.82 Å². The zero-order valence-corrected chi connectivity index (χ0v) is 17.5. The maximum atomic E-state index is 15.0. The summed E-state index contributed by atoms with van der Waals surface area (Å²) in [7, 11) is 0. The molecule has 0 aliphatic carbocycles. The summed E-state index contributed by atoms with van der Waals surface area (Å²) >= 11 is 0. The molecule has 4 aromatic rings. The van der Waals surface area contributed by atoms with Crippen molar-refractivity contribution >= 4 is 10.8 Å². The number of halogens is 1. The van der Waals surface area contributed by atoms with Crippen LogP contribution in [0.4, 0.5) is 4.39 Å². The lowest BCUT2D eigenvalue weighted by Crippen LogP contribution is -1.92. The lowest BCUT2D eigenvalue weighted by molar-refractivity contribution is 0.363. The first kappa shape index (κ1) is 20.6. The van der Waals surface area contributed by atoms with Gasteiger partial charge in [0, 0.05) is 5.56 Å². The second-order valence-corrected chi connectivity index (χ2v) is 7.54. The number of benzene rings is 4. The van der Waals surface area contributed by atoms with Crippen LogP contribution in [0.15, 0.2) is 104 Å². The van der Waals surface area contributed by atoms with Gasteiger partial charge in [-0.3, -0.25) is 0 Å². The van der Waals surface area contributed by atoms with Crippen molar-refractivity contribution in [3.05, 3.63) is 116 Å². The molecule has 0 saturated heterocycles. The van der Waals surface area contributed by atoms with Crippen LogP contribution >= 0.6 is 0 Å². The van der Waals surface area contributed by atoms with Gasteiger partial charge < -0.3 is 4.74 Å². The molecule has 0 aromatic heterocycles. The van der Waals surface area contributed by atoms with Crippen molar-refractivity contribution in [1.29, 1.82) is 0 Å². The molecular formula is C29H25FO. The number of fused-ring (bicyclic) bond motifs is 1. The molecule has 0 N–H and O–H groups in total. The lowest BCUT2D eigenvalue weighted by Gasteiger charge is -2.10. The highest BCUT2D eigenvalue weighted by Crippen LogP contribution is 2.31. The van der Waals surface area contributed by atoms with E-state index in [1.165, 1.54) is 10.9 Å². The number of aryl methyl sites for hydroxylation is 1. The zero-order chi connectivity index (χ0) is 21.6. The minimum Gasteiger partial charge on any atom is -0.490 e. The van der Waals surface area contributed by atoms with Gasteiger partial charge in [0.25, 0.3) is 0 Å². The Hall–Kier alpha value is -3.65. The van der Waals surface area contributed by atoms with Gasteiger partial charge in [-0.25, -0.2) is 4.39 Å². The Bertz CT molecular complexity index is 1220. The van der Waals surface area contributed by atoms with Crippen LogP contribution in [0.3, 0.4) is 0 Å². The van der Waals surface area contributed by atoms with Gasteiger partial charge in [0.2, 0.25) is 0 Å². The number of hydrogen-bond donors (Lipinski definition) is 0. The SMILES string of the molecule is C=CCCc1ccc2cc(-c3ccc(-c4ccc(OCC=C)cc4)c(F)c3)ccc2c1. The Balaban J connectivity index is 1.59. The normalized spacial score (nSPS) is 10.7. The molecule has 0 radical (unpaired) electrons. The molecular weight excluding hydrogens is 383 g/mol. The van der Waals surface area contributed by atoms with E-state index in [4.69, 9.17) is 4.74 Å². The third kappa shape index (κ3) is 4.75. The molecule has 0 unspecified atom stereocenters. The number of hydrogen-bond acceptors (Lipinski definition) is 1. The molecule has 154 valence electrons. The van der Waals surface area contributed by atoms with Crippen LogP contribution in [0.5, 0.6) is 5.75 Å². The predicted octanol–water partition coefficient (Wildman–Crippen LogP) is 8.00. The summed E-state index contributed by atoms with van der Waals surface area (Å²) in [5.74, 6) is 0.502. The monoisotopic (exact) mass is 408 g/mol. The molecule has 0 saturated carbocycles. The first-order valence-electron chi connectivity index (χ1n) is 10.5. The second kappa shape index (κ2) is 9.44. The quantitative estimate of drug-likeness (QED) is 0.268. The van der Waals surface area contributed by atoms with Gasteiger partial charge in [-0.2, -0.15) is 0 Å². The summed E-state index contributed by atoms with van der Waals surface area (Å²) < 4.78 is 20.5. The maximum absolute atomic E-state index is 15.0. The molecule has 0 aliphatic rings. The van der Waals surface area contributed by atoms with Gasteiger partial charge in [0.15, 0.2) is 0 Å². The summed E-state index contributed by atoms with van der Waals surface area (Å²) in [6.45, 7) is 7.88. The highest BCUT2D eigenvalue weighted by molar-refractivity contribution is 5.88. The maximum Gasteiger partial charge on any atom is 0.131 e. The molecule has 0 spiro atoms. The highest BCUT2D eigenvalue weighted by Gasteiger charge is 2.09. The summed E-state index contributed by atoms with van der Waals surface area (Å²) in [4.78, 5) is 0. The number of rotatable bonds is 8. The van der Waals surface area contributed by atoms with Crippen molar-refractivity contribution < 1.29 is 9.13 Å². The Morgan fingerprint density at radius 1 is 0.710 bits per heavy atom. The second-order valence-electron chi connectivity index (χ2n) is 7.54. The molecule has 0 aliphatic heterocycles. The minimum atomic E-state index is -0.239. The first-order valence-corrected chi connectivity index (χ1v) is 10.5. The van der Waals surface area contributed by atoms with Gasteiger partial charge in [0.05, 0.1) is 0 Å². The summed E-state index contributed by atoms with van der Waals surface area (Å²) in [6, 6.07) is 25.6. The number of ether oxygens (including phenoxy) is 1. The Morgan fingerprint density at radius 2 is 1.39 bits per heavy atom. The van der Waals surface area contributed by atoms with E-state index in [0.29, 0.717) is 12.2 Å². The van der Waals surface area contributed by atoms with Gasteiger partial charge in [-0.1, -0.05) is 73.3 Å². The smallest absolute Gasteiger partial charge is 0.131 e. The van der Waals surface area contributed by atoms with E-state index < -0.39 is 0 Å². The van der Waals surface area contributed by atoms with Crippen LogP contribution < -0.4 is 4.74 Å². The molecule has 0 atom stereocenters. The van der Waals surface area contributed by atoms with E-state index in [0.717, 1.165) is 40.7 Å². The van der Waals surface area contributed by atoms with Crippen molar-refractivity contribution in [2.45, 2.75) is 12.8 Å². The van der Waals surface area contributed by atoms with Gasteiger partial charge in [0.1, 0.15) is 18.2 Å². The fourth-order valence-corrected chi connectivity index (χ4v) is 3.71. The third-order valence-electron chi connectivity index (χ3n) is 5.38. The molecule has 4 aromatic carbocycles. The Morgan fingerprint density at radius 3 is 2.13 bits per heavy atom. The highest BCUT2D eigenvalue weighted by atomic mass is 19.1. The predicted molar refractivity (Wildman–Crippen MR) is 129 cm³/mol. The van der Waals surface area contributed by atoms with Crippen molar-refractivity contribution in [2.24, 2.45) is 0 Å². The van der Waals surface area contributed by atoms with E-state index in [9.17, 15) is 4.39 Å². The van der Waals surface area contributed by atoms with Crippen LogP contribution in [-0.4, -0.2) is 6.61 Å². The van der Waals surface area contributed by atoms with Gasteiger partial charge in [-0.05, 0) is 70.1 Å². The molecule has 1 nitrogen and oxygen atoms in total.